The van der Waals surface area contributed by atoms with Crippen LogP contribution < -0.4 is 5.32 Å². The fourth-order valence-electron chi connectivity index (χ4n) is 2.08. The van der Waals surface area contributed by atoms with Crippen molar-refractivity contribution >= 4 is 5.97 Å². The number of unbranched alkanes of at least 4 members (excludes halogenated alkanes) is 2. The molecule has 0 fully saturated rings. The summed E-state index contributed by atoms with van der Waals surface area (Å²) in [6, 6.07) is 9.27. The van der Waals surface area contributed by atoms with Crippen LogP contribution in [0.3, 0.4) is 0 Å². The van der Waals surface area contributed by atoms with E-state index in [9.17, 15) is 4.79 Å². The molecule has 2 N–H and O–H groups in total. The van der Waals surface area contributed by atoms with Gasteiger partial charge in [-0.2, -0.15) is 0 Å². The number of carboxylic acids is 1. The molecule has 0 saturated carbocycles. The molecule has 0 aliphatic rings. The predicted molar refractivity (Wildman–Crippen MR) is 78.5 cm³/mol. The van der Waals surface area contributed by atoms with Gasteiger partial charge in [0.2, 0.25) is 0 Å². The Morgan fingerprint density at radius 1 is 1.16 bits per heavy atom. The number of nitrogens with one attached hydrogen (secondary N) is 1. The summed E-state index contributed by atoms with van der Waals surface area (Å²) in [6.07, 6.45) is 5.23. The first-order valence-corrected chi connectivity index (χ1v) is 7.08. The maximum atomic E-state index is 10.4. The van der Waals surface area contributed by atoms with E-state index >= 15 is 0 Å². The zero-order valence-corrected chi connectivity index (χ0v) is 12.0. The van der Waals surface area contributed by atoms with Crippen molar-refractivity contribution in [1.29, 1.82) is 0 Å². The molecule has 0 heterocycles. The third-order valence-electron chi connectivity index (χ3n) is 3.41. The largest absolute Gasteiger partial charge is 0.481 e. The summed E-state index contributed by atoms with van der Waals surface area (Å²) in [5.74, 6) is -0.692. The van der Waals surface area contributed by atoms with E-state index < -0.39 is 5.97 Å². The molecule has 0 aliphatic heterocycles. The van der Waals surface area contributed by atoms with Crippen molar-refractivity contribution in [2.75, 3.05) is 7.05 Å². The van der Waals surface area contributed by atoms with Gasteiger partial charge in [-0.15, -0.1) is 0 Å². The number of rotatable bonds is 9. The van der Waals surface area contributed by atoms with Crippen molar-refractivity contribution in [3.05, 3.63) is 35.4 Å². The molecule has 106 valence electrons. The molecule has 0 spiro atoms. The molecule has 1 aromatic rings. The maximum absolute atomic E-state index is 10.4. The quantitative estimate of drug-likeness (QED) is 0.673. The number of aryl methyl sites for hydroxylation is 1. The van der Waals surface area contributed by atoms with Crippen LogP contribution >= 0.6 is 0 Å². The first-order chi connectivity index (χ1) is 9.11. The monoisotopic (exact) mass is 263 g/mol. The summed E-state index contributed by atoms with van der Waals surface area (Å²) in [4.78, 5) is 10.4. The van der Waals surface area contributed by atoms with E-state index in [4.69, 9.17) is 5.11 Å². The predicted octanol–water partition coefficient (Wildman–Crippen LogP) is 3.02. The molecule has 0 aromatic heterocycles. The van der Waals surface area contributed by atoms with Gasteiger partial charge < -0.3 is 10.4 Å². The molecule has 3 heteroatoms. The van der Waals surface area contributed by atoms with Crippen LogP contribution in [0.25, 0.3) is 0 Å². The lowest BCUT2D eigenvalue weighted by atomic mass is 10.0. The van der Waals surface area contributed by atoms with Crippen LogP contribution in [0.5, 0.6) is 0 Å². The zero-order chi connectivity index (χ0) is 14.1. The summed E-state index contributed by atoms with van der Waals surface area (Å²) < 4.78 is 0. The third-order valence-corrected chi connectivity index (χ3v) is 3.41. The second-order valence-corrected chi connectivity index (χ2v) is 5.16. The Kier molecular flexibility index (Phi) is 7.19. The Hall–Kier alpha value is -1.35. The van der Waals surface area contributed by atoms with E-state index in [1.165, 1.54) is 11.1 Å². The summed E-state index contributed by atoms with van der Waals surface area (Å²) in [6.45, 7) is 2.18. The van der Waals surface area contributed by atoms with Crippen molar-refractivity contribution in [1.82, 2.24) is 5.32 Å². The third kappa shape index (κ3) is 6.97. The Labute approximate surface area is 116 Å². The number of carboxylic acid groups (broad SMARTS) is 1. The molecule has 1 atom stereocenters. The highest BCUT2D eigenvalue weighted by Gasteiger charge is 2.01. The van der Waals surface area contributed by atoms with Gasteiger partial charge in [0.1, 0.15) is 0 Å². The summed E-state index contributed by atoms with van der Waals surface area (Å²) in [5.41, 5.74) is 2.70. The highest BCUT2D eigenvalue weighted by Crippen LogP contribution is 2.11. The van der Waals surface area contributed by atoms with Gasteiger partial charge in [0.05, 0.1) is 0 Å². The van der Waals surface area contributed by atoms with Crippen LogP contribution in [-0.4, -0.2) is 24.2 Å². The van der Waals surface area contributed by atoms with E-state index in [-0.39, 0.29) is 0 Å². The fraction of sp³-hybridized carbons (Fsp3) is 0.562. The highest BCUT2D eigenvalue weighted by molar-refractivity contribution is 5.66. The molecule has 0 unspecified atom stereocenters. The van der Waals surface area contributed by atoms with Crippen molar-refractivity contribution in [3.63, 3.8) is 0 Å². The van der Waals surface area contributed by atoms with Crippen molar-refractivity contribution < 1.29 is 9.90 Å². The smallest absolute Gasteiger partial charge is 0.303 e. The lowest BCUT2D eigenvalue weighted by molar-refractivity contribution is -0.137. The summed E-state index contributed by atoms with van der Waals surface area (Å²) >= 11 is 0. The molecule has 0 amide bonds. The minimum atomic E-state index is -0.692. The van der Waals surface area contributed by atoms with Crippen molar-refractivity contribution in [2.45, 2.75) is 51.5 Å². The number of hydrogen-bond donors (Lipinski definition) is 2. The van der Waals surface area contributed by atoms with Crippen molar-refractivity contribution in [3.8, 4) is 0 Å². The van der Waals surface area contributed by atoms with E-state index in [0.29, 0.717) is 12.5 Å². The lowest BCUT2D eigenvalue weighted by Crippen LogP contribution is -2.23. The molecule has 0 aliphatic carbocycles. The SMILES string of the molecule is CN[C@@H](C)Cc1ccc(CCCCCC(=O)O)cc1. The topological polar surface area (TPSA) is 49.3 Å². The summed E-state index contributed by atoms with van der Waals surface area (Å²) in [7, 11) is 1.98. The minimum absolute atomic E-state index is 0.293. The van der Waals surface area contributed by atoms with Crippen LogP contribution in [0, 0.1) is 0 Å². The standard InChI is InChI=1S/C16H25NO2/c1-13(17-2)12-15-10-8-14(9-11-15)6-4-3-5-7-16(18)19/h8-11,13,17H,3-7,12H2,1-2H3,(H,18,19)/t13-/m0/s1. The van der Waals surface area contributed by atoms with Crippen LogP contribution in [0.4, 0.5) is 0 Å². The molecule has 1 rings (SSSR count). The Balaban J connectivity index is 2.26. The molecule has 0 bridgehead atoms. The molecule has 1 aromatic carbocycles. The normalized spacial score (nSPS) is 12.3. The van der Waals surface area contributed by atoms with E-state index in [1.807, 2.05) is 7.05 Å². The van der Waals surface area contributed by atoms with Gasteiger partial charge in [0.25, 0.3) is 0 Å². The molecule has 19 heavy (non-hydrogen) atoms. The summed E-state index contributed by atoms with van der Waals surface area (Å²) in [5, 5.41) is 11.8. The van der Waals surface area contributed by atoms with E-state index in [1.54, 1.807) is 0 Å². The Bertz CT molecular complexity index is 373. The van der Waals surface area contributed by atoms with Crippen LogP contribution in [-0.2, 0) is 17.6 Å². The van der Waals surface area contributed by atoms with Crippen LogP contribution in [0.2, 0.25) is 0 Å². The van der Waals surface area contributed by atoms with Crippen LogP contribution in [0.1, 0.15) is 43.7 Å². The molecular formula is C16H25NO2. The maximum Gasteiger partial charge on any atom is 0.303 e. The van der Waals surface area contributed by atoms with Crippen LogP contribution in [0.15, 0.2) is 24.3 Å². The number of carbonyl (C=O) groups is 1. The van der Waals surface area contributed by atoms with Gasteiger partial charge in [0, 0.05) is 12.5 Å². The molecule has 0 saturated heterocycles. The first-order valence-electron chi connectivity index (χ1n) is 7.08. The highest BCUT2D eigenvalue weighted by atomic mass is 16.4. The lowest BCUT2D eigenvalue weighted by Gasteiger charge is -2.10. The number of likely N-dealkylation sites (N-methyl/N-ethyl adjacent to an activating group) is 1. The Morgan fingerprint density at radius 2 is 1.79 bits per heavy atom. The first kappa shape index (κ1) is 15.7. The second kappa shape index (κ2) is 8.70. The van der Waals surface area contributed by atoms with Gasteiger partial charge >= 0.3 is 5.97 Å². The molecule has 0 radical (unpaired) electrons. The average Bonchev–Trinajstić information content (AvgIpc) is 2.39. The van der Waals surface area contributed by atoms with Crippen molar-refractivity contribution in [2.24, 2.45) is 0 Å². The number of hydrogen-bond acceptors (Lipinski definition) is 2. The van der Waals surface area contributed by atoms with Gasteiger partial charge in [-0.25, -0.2) is 0 Å². The Morgan fingerprint density at radius 3 is 2.37 bits per heavy atom. The van der Waals surface area contributed by atoms with Gasteiger partial charge in [0.15, 0.2) is 0 Å². The molecular weight excluding hydrogens is 238 g/mol. The van der Waals surface area contributed by atoms with Gasteiger partial charge in [-0.05, 0) is 50.8 Å². The van der Waals surface area contributed by atoms with Gasteiger partial charge in [-0.3, -0.25) is 4.79 Å². The number of aliphatic carboxylic acids is 1. The fourth-order valence-corrected chi connectivity index (χ4v) is 2.08. The van der Waals surface area contributed by atoms with E-state index in [2.05, 4.69) is 36.5 Å². The minimum Gasteiger partial charge on any atom is -0.481 e. The number of benzene rings is 1. The second-order valence-electron chi connectivity index (χ2n) is 5.16. The van der Waals surface area contributed by atoms with E-state index in [0.717, 1.165) is 32.1 Å². The van der Waals surface area contributed by atoms with Gasteiger partial charge in [-0.1, -0.05) is 30.7 Å². The zero-order valence-electron chi connectivity index (χ0n) is 12.0. The molecule has 3 nitrogen and oxygen atoms in total. The average molecular weight is 263 g/mol.